The van der Waals surface area contributed by atoms with Gasteiger partial charge in [0.05, 0.1) is 17.8 Å². The number of nitrogens with one attached hydrogen (secondary N) is 3. The Kier molecular flexibility index (Phi) is 5.22. The molecule has 1 amide bonds. The normalized spacial score (nSPS) is 12.0. The van der Waals surface area contributed by atoms with Crippen molar-refractivity contribution >= 4 is 44.5 Å². The fourth-order valence-electron chi connectivity index (χ4n) is 2.91. The van der Waals surface area contributed by atoms with E-state index in [0.717, 1.165) is 11.1 Å². The molecule has 8 nitrogen and oxygen atoms in total. The first-order valence-electron chi connectivity index (χ1n) is 8.96. The molecule has 1 aromatic carbocycles. The molecule has 4 aromatic rings. The molecule has 0 saturated carbocycles. The van der Waals surface area contributed by atoms with Gasteiger partial charge in [0, 0.05) is 18.1 Å². The number of aromatic nitrogens is 5. The van der Waals surface area contributed by atoms with Crippen molar-refractivity contribution in [1.82, 2.24) is 25.1 Å². The van der Waals surface area contributed by atoms with E-state index in [9.17, 15) is 4.79 Å². The lowest BCUT2D eigenvalue weighted by atomic mass is 10.1. The second-order valence-corrected chi connectivity index (χ2v) is 7.45. The van der Waals surface area contributed by atoms with Gasteiger partial charge in [-0.25, -0.2) is 9.97 Å². The average Bonchev–Trinajstić information content (AvgIpc) is 3.08. The maximum absolute atomic E-state index is 12.5. The molecule has 9 heteroatoms. The van der Waals surface area contributed by atoms with E-state index in [4.69, 9.17) is 0 Å². The number of hydrogen-bond donors (Lipinski definition) is 3. The van der Waals surface area contributed by atoms with Gasteiger partial charge in [-0.2, -0.15) is 5.10 Å². The summed E-state index contributed by atoms with van der Waals surface area (Å²) < 4.78 is 0.687. The molecule has 0 aliphatic heterocycles. The first kappa shape index (κ1) is 19.0. The van der Waals surface area contributed by atoms with Crippen molar-refractivity contribution in [3.05, 3.63) is 70.2 Å². The fraction of sp³-hybridized carbons (Fsp3) is 0.150. The van der Waals surface area contributed by atoms with E-state index in [1.54, 1.807) is 24.7 Å². The highest BCUT2D eigenvalue weighted by molar-refractivity contribution is 9.10. The first-order valence-corrected chi connectivity index (χ1v) is 9.75. The Balaban J connectivity index is 1.49. The minimum Gasteiger partial charge on any atom is -0.362 e. The third-order valence-electron chi connectivity index (χ3n) is 4.37. The number of anilines is 2. The molecule has 29 heavy (non-hydrogen) atoms. The Hall–Kier alpha value is -3.33. The second kappa shape index (κ2) is 7.96. The number of benzene rings is 1. The van der Waals surface area contributed by atoms with E-state index in [1.165, 1.54) is 0 Å². The molecule has 0 radical (unpaired) electrons. The Morgan fingerprint density at radius 1 is 1.21 bits per heavy atom. The zero-order valence-corrected chi connectivity index (χ0v) is 17.4. The third kappa shape index (κ3) is 4.24. The van der Waals surface area contributed by atoms with Crippen molar-refractivity contribution in [3.8, 4) is 0 Å². The largest absolute Gasteiger partial charge is 0.362 e. The summed E-state index contributed by atoms with van der Waals surface area (Å²) in [7, 11) is 0. The van der Waals surface area contributed by atoms with Gasteiger partial charge in [0.25, 0.3) is 5.91 Å². The van der Waals surface area contributed by atoms with Crippen LogP contribution in [0.5, 0.6) is 0 Å². The molecular weight excluding hydrogens is 434 g/mol. The van der Waals surface area contributed by atoms with E-state index < -0.39 is 0 Å². The summed E-state index contributed by atoms with van der Waals surface area (Å²) in [4.78, 5) is 25.4. The predicted octanol–water partition coefficient (Wildman–Crippen LogP) is 4.24. The third-order valence-corrected chi connectivity index (χ3v) is 4.92. The average molecular weight is 452 g/mol. The molecule has 146 valence electrons. The highest BCUT2D eigenvalue weighted by Crippen LogP contribution is 2.23. The van der Waals surface area contributed by atoms with Crippen LogP contribution in [0.15, 0.2) is 53.5 Å². The van der Waals surface area contributed by atoms with Crippen molar-refractivity contribution in [2.75, 3.05) is 10.6 Å². The Morgan fingerprint density at radius 2 is 2.07 bits per heavy atom. The monoisotopic (exact) mass is 451 g/mol. The number of carbonyl (C=O) groups is 1. The van der Waals surface area contributed by atoms with Crippen LogP contribution in [0.3, 0.4) is 0 Å². The molecule has 3 heterocycles. The van der Waals surface area contributed by atoms with Gasteiger partial charge in [0.2, 0.25) is 5.65 Å². The smallest absolute Gasteiger partial charge is 0.257 e. The molecule has 3 N–H and O–H groups in total. The highest BCUT2D eigenvalue weighted by Gasteiger charge is 2.12. The molecule has 0 spiro atoms. The number of amides is 1. The van der Waals surface area contributed by atoms with Crippen LogP contribution in [0.1, 0.15) is 34.5 Å². The van der Waals surface area contributed by atoms with Gasteiger partial charge in [-0.05, 0) is 59.1 Å². The highest BCUT2D eigenvalue weighted by atomic mass is 79.9. The summed E-state index contributed by atoms with van der Waals surface area (Å²) in [6.07, 6.45) is 4.91. The number of rotatable bonds is 5. The van der Waals surface area contributed by atoms with Gasteiger partial charge in [-0.3, -0.25) is 14.9 Å². The first-order chi connectivity index (χ1) is 14.0. The molecular formula is C20H18BrN7O. The lowest BCUT2D eigenvalue weighted by Crippen LogP contribution is -2.13. The number of H-pyrrole nitrogens is 1. The summed E-state index contributed by atoms with van der Waals surface area (Å²) in [5, 5.41) is 13.1. The molecule has 0 saturated heterocycles. The quantitative estimate of drug-likeness (QED) is 0.418. The molecule has 0 aliphatic rings. The van der Waals surface area contributed by atoms with Gasteiger partial charge in [0.1, 0.15) is 15.9 Å². The van der Waals surface area contributed by atoms with E-state index in [2.05, 4.69) is 51.7 Å². The van der Waals surface area contributed by atoms with Crippen LogP contribution in [-0.2, 0) is 0 Å². The van der Waals surface area contributed by atoms with Crippen LogP contribution in [-0.4, -0.2) is 31.1 Å². The van der Waals surface area contributed by atoms with Crippen LogP contribution in [0, 0.1) is 6.92 Å². The zero-order chi connectivity index (χ0) is 20.4. The standard InChI is InChI=1S/C20H18BrN7O/c1-11-6-14(9-22-8-11)20(29)25-15-5-3-4-13(7-15)12(2)24-16-10-23-19-17(26-16)18(21)27-28-19/h3-10,12H,1-2H3,(H,24,26)(H,25,29)(H,23,27,28)/t12-/m0/s1. The van der Waals surface area contributed by atoms with E-state index in [-0.39, 0.29) is 11.9 Å². The Bertz CT molecular complexity index is 1190. The van der Waals surface area contributed by atoms with Crippen LogP contribution >= 0.6 is 15.9 Å². The van der Waals surface area contributed by atoms with Crippen LogP contribution in [0.2, 0.25) is 0 Å². The molecule has 3 aromatic heterocycles. The summed E-state index contributed by atoms with van der Waals surface area (Å²) in [5.41, 5.74) is 4.38. The number of aryl methyl sites for hydroxylation is 1. The molecule has 0 bridgehead atoms. The summed E-state index contributed by atoms with van der Waals surface area (Å²) in [5.74, 6) is 0.437. The number of fused-ring (bicyclic) bond motifs is 1. The van der Waals surface area contributed by atoms with Crippen LogP contribution in [0.25, 0.3) is 11.2 Å². The number of hydrogen-bond acceptors (Lipinski definition) is 6. The molecule has 4 rings (SSSR count). The Labute approximate surface area is 175 Å². The van der Waals surface area contributed by atoms with Gasteiger partial charge in [-0.15, -0.1) is 0 Å². The minimum absolute atomic E-state index is 0.0510. The van der Waals surface area contributed by atoms with E-state index >= 15 is 0 Å². The van der Waals surface area contributed by atoms with Crippen molar-refractivity contribution in [2.45, 2.75) is 19.9 Å². The topological polar surface area (TPSA) is 108 Å². The molecule has 0 aliphatic carbocycles. The fourth-order valence-corrected chi connectivity index (χ4v) is 3.26. The zero-order valence-electron chi connectivity index (χ0n) is 15.8. The number of aromatic amines is 1. The van der Waals surface area contributed by atoms with Gasteiger partial charge in [0.15, 0.2) is 0 Å². The van der Waals surface area contributed by atoms with Crippen LogP contribution < -0.4 is 10.6 Å². The Morgan fingerprint density at radius 3 is 2.90 bits per heavy atom. The van der Waals surface area contributed by atoms with Crippen molar-refractivity contribution < 1.29 is 4.79 Å². The van der Waals surface area contributed by atoms with E-state index in [1.807, 2.05) is 38.1 Å². The van der Waals surface area contributed by atoms with E-state index in [0.29, 0.717) is 32.8 Å². The van der Waals surface area contributed by atoms with Gasteiger partial charge >= 0.3 is 0 Å². The SMILES string of the molecule is Cc1cncc(C(=O)Nc2cccc([C@H](C)Nc3cnc4n[nH]c(Br)c4n3)c2)c1. The maximum Gasteiger partial charge on any atom is 0.257 e. The van der Waals surface area contributed by atoms with Gasteiger partial charge in [-0.1, -0.05) is 12.1 Å². The molecule has 1 atom stereocenters. The van der Waals surface area contributed by atoms with Crippen molar-refractivity contribution in [3.63, 3.8) is 0 Å². The lowest BCUT2D eigenvalue weighted by Gasteiger charge is -2.16. The molecule has 0 fully saturated rings. The number of nitrogens with zero attached hydrogens (tertiary/aromatic N) is 4. The number of halogens is 1. The molecule has 0 unspecified atom stereocenters. The lowest BCUT2D eigenvalue weighted by molar-refractivity contribution is 0.102. The van der Waals surface area contributed by atoms with Crippen molar-refractivity contribution in [1.29, 1.82) is 0 Å². The predicted molar refractivity (Wildman–Crippen MR) is 115 cm³/mol. The summed E-state index contributed by atoms with van der Waals surface area (Å²) >= 11 is 3.38. The number of pyridine rings is 1. The second-order valence-electron chi connectivity index (χ2n) is 6.66. The van der Waals surface area contributed by atoms with Gasteiger partial charge < -0.3 is 10.6 Å². The van der Waals surface area contributed by atoms with Crippen LogP contribution in [0.4, 0.5) is 11.5 Å². The summed E-state index contributed by atoms with van der Waals surface area (Å²) in [6.45, 7) is 3.92. The summed E-state index contributed by atoms with van der Waals surface area (Å²) in [6, 6.07) is 9.43. The maximum atomic E-state index is 12.5. The number of carbonyl (C=O) groups excluding carboxylic acids is 1. The minimum atomic E-state index is -0.194. The van der Waals surface area contributed by atoms with Crippen molar-refractivity contribution in [2.24, 2.45) is 0 Å².